The molecule has 0 bridgehead atoms. The molecule has 5 nitrogen and oxygen atoms in total. The number of urea groups is 1. The van der Waals surface area contributed by atoms with Crippen molar-refractivity contribution in [1.82, 2.24) is 10.6 Å². The lowest BCUT2D eigenvalue weighted by Crippen LogP contribution is -2.46. The van der Waals surface area contributed by atoms with Crippen LogP contribution >= 0.6 is 0 Å². The fraction of sp³-hybridized carbons (Fsp3) is 0.875. The molecule has 3 N–H and O–H groups in total. The molecular weight excluding hydrogens is 268 g/mol. The fourth-order valence-corrected chi connectivity index (χ4v) is 3.88. The van der Waals surface area contributed by atoms with E-state index >= 15 is 0 Å². The Morgan fingerprint density at radius 2 is 1.90 bits per heavy atom. The molecule has 0 aliphatic heterocycles. The van der Waals surface area contributed by atoms with Crippen LogP contribution in [0.1, 0.15) is 64.7 Å². The molecule has 2 aliphatic rings. The molecule has 2 atom stereocenters. The molecule has 0 aromatic heterocycles. The quantitative estimate of drug-likeness (QED) is 0.730. The molecule has 21 heavy (non-hydrogen) atoms. The number of nitrogens with one attached hydrogen (secondary N) is 2. The van der Waals surface area contributed by atoms with Gasteiger partial charge in [0.05, 0.1) is 6.42 Å². The van der Waals surface area contributed by atoms with Gasteiger partial charge < -0.3 is 15.7 Å². The summed E-state index contributed by atoms with van der Waals surface area (Å²) < 4.78 is 0. The van der Waals surface area contributed by atoms with Crippen molar-refractivity contribution in [3.63, 3.8) is 0 Å². The smallest absolute Gasteiger partial charge is 0.315 e. The second kappa shape index (κ2) is 7.14. The maximum Gasteiger partial charge on any atom is 0.315 e. The molecule has 0 heterocycles. The Kier molecular flexibility index (Phi) is 5.48. The first-order chi connectivity index (χ1) is 9.99. The molecular formula is C16H28N2O3. The first kappa shape index (κ1) is 16.1. The Morgan fingerprint density at radius 1 is 1.19 bits per heavy atom. The predicted molar refractivity (Wildman–Crippen MR) is 81.1 cm³/mol. The number of aliphatic carboxylic acids is 1. The Hall–Kier alpha value is -1.26. The predicted octanol–water partition coefficient (Wildman–Crippen LogP) is 2.90. The van der Waals surface area contributed by atoms with E-state index in [9.17, 15) is 9.59 Å². The van der Waals surface area contributed by atoms with Gasteiger partial charge in [-0.25, -0.2) is 4.79 Å². The first-order valence-corrected chi connectivity index (χ1v) is 8.25. The molecule has 0 spiro atoms. The van der Waals surface area contributed by atoms with Gasteiger partial charge in [0.25, 0.3) is 0 Å². The van der Waals surface area contributed by atoms with Gasteiger partial charge in [-0.05, 0) is 43.4 Å². The highest BCUT2D eigenvalue weighted by Crippen LogP contribution is 2.38. The third-order valence-corrected chi connectivity index (χ3v) is 5.09. The molecule has 0 radical (unpaired) electrons. The summed E-state index contributed by atoms with van der Waals surface area (Å²) in [5.74, 6) is -0.0734. The van der Waals surface area contributed by atoms with Gasteiger partial charge in [-0.1, -0.05) is 26.2 Å². The zero-order valence-electron chi connectivity index (χ0n) is 13.0. The van der Waals surface area contributed by atoms with Crippen LogP contribution in [-0.2, 0) is 4.79 Å². The molecule has 2 amide bonds. The van der Waals surface area contributed by atoms with Gasteiger partial charge in [0, 0.05) is 12.6 Å². The average Bonchev–Trinajstić information content (AvgIpc) is 2.82. The van der Waals surface area contributed by atoms with Crippen molar-refractivity contribution in [3.8, 4) is 0 Å². The number of carboxylic acids is 1. The number of rotatable bonds is 5. The van der Waals surface area contributed by atoms with Gasteiger partial charge in [-0.15, -0.1) is 0 Å². The normalized spacial score (nSPS) is 28.0. The fourth-order valence-electron chi connectivity index (χ4n) is 3.88. The van der Waals surface area contributed by atoms with Crippen LogP contribution in [0.2, 0.25) is 0 Å². The van der Waals surface area contributed by atoms with Gasteiger partial charge in [-0.3, -0.25) is 4.79 Å². The topological polar surface area (TPSA) is 78.4 Å². The highest BCUT2D eigenvalue weighted by molar-refractivity contribution is 5.74. The van der Waals surface area contributed by atoms with E-state index in [-0.39, 0.29) is 23.9 Å². The van der Waals surface area contributed by atoms with E-state index in [1.54, 1.807) is 0 Å². The minimum Gasteiger partial charge on any atom is -0.481 e. The molecule has 0 saturated heterocycles. The van der Waals surface area contributed by atoms with Gasteiger partial charge >= 0.3 is 12.0 Å². The molecule has 2 unspecified atom stereocenters. The van der Waals surface area contributed by atoms with Crippen LogP contribution in [0.15, 0.2) is 0 Å². The number of carbonyl (C=O) groups is 2. The molecule has 5 heteroatoms. The Bertz CT molecular complexity index is 378. The van der Waals surface area contributed by atoms with E-state index in [2.05, 4.69) is 17.6 Å². The molecule has 120 valence electrons. The summed E-state index contributed by atoms with van der Waals surface area (Å²) in [4.78, 5) is 23.1. The molecule has 2 saturated carbocycles. The Balaban J connectivity index is 1.80. The third kappa shape index (κ3) is 4.90. The number of carbonyl (C=O) groups excluding carboxylic acids is 1. The van der Waals surface area contributed by atoms with Crippen LogP contribution in [0.4, 0.5) is 4.79 Å². The van der Waals surface area contributed by atoms with E-state index in [0.717, 1.165) is 38.5 Å². The SMILES string of the molecule is CC1CCC(NC(=O)NCC2(CC(=O)O)CCCCC2)C1. The van der Waals surface area contributed by atoms with Gasteiger partial charge in [0.15, 0.2) is 0 Å². The third-order valence-electron chi connectivity index (χ3n) is 5.09. The van der Waals surface area contributed by atoms with Crippen molar-refractivity contribution in [3.05, 3.63) is 0 Å². The van der Waals surface area contributed by atoms with E-state index < -0.39 is 5.97 Å². The van der Waals surface area contributed by atoms with Crippen molar-refractivity contribution in [2.24, 2.45) is 11.3 Å². The van der Waals surface area contributed by atoms with Gasteiger partial charge in [-0.2, -0.15) is 0 Å². The van der Waals surface area contributed by atoms with Crippen molar-refractivity contribution >= 4 is 12.0 Å². The molecule has 2 fully saturated rings. The Labute approximate surface area is 126 Å². The minimum absolute atomic E-state index is 0.135. The number of hydrogen-bond donors (Lipinski definition) is 3. The lowest BCUT2D eigenvalue weighted by atomic mass is 9.72. The number of carboxylic acid groups (broad SMARTS) is 1. The zero-order chi connectivity index (χ0) is 15.3. The van der Waals surface area contributed by atoms with Crippen LogP contribution in [0.25, 0.3) is 0 Å². The van der Waals surface area contributed by atoms with E-state index in [1.165, 1.54) is 12.8 Å². The van der Waals surface area contributed by atoms with E-state index in [0.29, 0.717) is 12.5 Å². The molecule has 0 aromatic rings. The highest BCUT2D eigenvalue weighted by Gasteiger charge is 2.35. The summed E-state index contributed by atoms with van der Waals surface area (Å²) in [6.45, 7) is 2.69. The van der Waals surface area contributed by atoms with Crippen LogP contribution in [-0.4, -0.2) is 29.7 Å². The highest BCUT2D eigenvalue weighted by atomic mass is 16.4. The summed E-state index contributed by atoms with van der Waals surface area (Å²) >= 11 is 0. The van der Waals surface area contributed by atoms with Crippen LogP contribution < -0.4 is 10.6 Å². The largest absolute Gasteiger partial charge is 0.481 e. The molecule has 2 rings (SSSR count). The molecule has 2 aliphatic carbocycles. The van der Waals surface area contributed by atoms with Crippen molar-refractivity contribution in [2.75, 3.05) is 6.54 Å². The monoisotopic (exact) mass is 296 g/mol. The van der Waals surface area contributed by atoms with E-state index in [1.807, 2.05) is 0 Å². The average molecular weight is 296 g/mol. The lowest BCUT2D eigenvalue weighted by molar-refractivity contribution is -0.140. The maximum atomic E-state index is 12.0. The summed E-state index contributed by atoms with van der Waals surface area (Å²) in [5.41, 5.74) is -0.246. The summed E-state index contributed by atoms with van der Waals surface area (Å²) in [7, 11) is 0. The lowest BCUT2D eigenvalue weighted by Gasteiger charge is -2.36. The summed E-state index contributed by atoms with van der Waals surface area (Å²) in [6, 6.07) is 0.145. The number of hydrogen-bond acceptors (Lipinski definition) is 2. The second-order valence-electron chi connectivity index (χ2n) is 7.07. The first-order valence-electron chi connectivity index (χ1n) is 8.25. The number of amides is 2. The summed E-state index contributed by atoms with van der Waals surface area (Å²) in [6.07, 6.45) is 8.55. The van der Waals surface area contributed by atoms with Crippen molar-refractivity contribution < 1.29 is 14.7 Å². The van der Waals surface area contributed by atoms with E-state index in [4.69, 9.17) is 5.11 Å². The van der Waals surface area contributed by atoms with Gasteiger partial charge in [0.1, 0.15) is 0 Å². The van der Waals surface area contributed by atoms with Crippen LogP contribution in [0.5, 0.6) is 0 Å². The van der Waals surface area contributed by atoms with Crippen molar-refractivity contribution in [2.45, 2.75) is 70.8 Å². The van der Waals surface area contributed by atoms with Gasteiger partial charge in [0.2, 0.25) is 0 Å². The standard InChI is InChI=1S/C16H28N2O3/c1-12-5-6-13(9-12)18-15(21)17-11-16(10-14(19)20)7-3-2-4-8-16/h12-13H,2-11H2,1H3,(H,19,20)(H2,17,18,21). The minimum atomic E-state index is -0.760. The summed E-state index contributed by atoms with van der Waals surface area (Å²) in [5, 5.41) is 15.1. The van der Waals surface area contributed by atoms with Crippen molar-refractivity contribution in [1.29, 1.82) is 0 Å². The van der Waals surface area contributed by atoms with Crippen LogP contribution in [0, 0.1) is 11.3 Å². The second-order valence-corrected chi connectivity index (χ2v) is 7.07. The maximum absolute atomic E-state index is 12.0. The zero-order valence-corrected chi connectivity index (χ0v) is 13.0. The van der Waals surface area contributed by atoms with Crippen LogP contribution in [0.3, 0.4) is 0 Å². The Morgan fingerprint density at radius 3 is 2.48 bits per heavy atom. The molecule has 0 aromatic carbocycles.